The Morgan fingerprint density at radius 3 is 2.73 bits per heavy atom. The van der Waals surface area contributed by atoms with Crippen LogP contribution < -0.4 is 4.90 Å². The van der Waals surface area contributed by atoms with E-state index in [0.29, 0.717) is 11.7 Å². The second kappa shape index (κ2) is 9.01. The number of carboxylic acid groups (broad SMARTS) is 1. The van der Waals surface area contributed by atoms with Crippen LogP contribution in [0.15, 0.2) is 18.2 Å². The number of H-pyrrole nitrogens is 1. The summed E-state index contributed by atoms with van der Waals surface area (Å²) < 4.78 is 11.0. The first kappa shape index (κ1) is 19.3. The molecule has 1 aromatic heterocycles. The van der Waals surface area contributed by atoms with E-state index in [1.165, 1.54) is 0 Å². The lowest BCUT2D eigenvalue weighted by atomic mass is 10.0. The number of piperidine rings is 1. The van der Waals surface area contributed by atoms with Crippen molar-refractivity contribution in [3.05, 3.63) is 23.9 Å². The number of fused-ring (bicyclic) bond motifs is 5. The highest BCUT2D eigenvalue weighted by molar-refractivity contribution is 6.05. The summed E-state index contributed by atoms with van der Waals surface area (Å²) in [6.07, 6.45) is 1.89. The Morgan fingerprint density at radius 1 is 1.27 bits per heavy atom. The highest BCUT2D eigenvalue weighted by atomic mass is 16.5. The van der Waals surface area contributed by atoms with Crippen molar-refractivity contribution >= 4 is 28.9 Å². The number of methoxy groups -OCH3 is 1. The molecule has 2 N–H and O–H groups in total. The second-order valence-corrected chi connectivity index (χ2v) is 8.06. The lowest BCUT2D eigenvalue weighted by Gasteiger charge is -2.31. The largest absolute Gasteiger partial charge is 0.483 e. The molecule has 1 atom stereocenters. The summed E-state index contributed by atoms with van der Waals surface area (Å²) in [5, 5.41) is 15.5. The zero-order valence-electron chi connectivity index (χ0n) is 18.2. The van der Waals surface area contributed by atoms with Gasteiger partial charge in [0.05, 0.1) is 11.6 Å². The van der Waals surface area contributed by atoms with Gasteiger partial charge < -0.3 is 24.5 Å². The summed E-state index contributed by atoms with van der Waals surface area (Å²) in [6.45, 7) is 5.87. The van der Waals surface area contributed by atoms with Crippen LogP contribution in [0.4, 0.5) is 5.69 Å². The molecule has 0 saturated carbocycles. The number of nitrogens with zero attached hydrogens (tertiary/aromatic N) is 4. The van der Waals surface area contributed by atoms with E-state index >= 15 is 0 Å². The fraction of sp³-hybridized carbons (Fsp3) is 0.571. The number of ether oxygens (including phenoxy) is 1. The molecule has 0 unspecified atom stereocenters. The van der Waals surface area contributed by atoms with Gasteiger partial charge in [-0.3, -0.25) is 14.7 Å². The van der Waals surface area contributed by atoms with Gasteiger partial charge in [0, 0.05) is 63.5 Å². The molecule has 2 aromatic rings. The van der Waals surface area contributed by atoms with Crippen molar-refractivity contribution in [2.45, 2.75) is 31.4 Å². The minimum Gasteiger partial charge on any atom is -0.483 e. The van der Waals surface area contributed by atoms with Gasteiger partial charge in [-0.2, -0.15) is 5.10 Å². The van der Waals surface area contributed by atoms with Gasteiger partial charge in [-0.25, -0.2) is 0 Å². The van der Waals surface area contributed by atoms with Gasteiger partial charge in [0.25, 0.3) is 12.4 Å². The highest BCUT2D eigenvalue weighted by Crippen LogP contribution is 2.29. The maximum absolute atomic E-state index is 13.3. The lowest BCUT2D eigenvalue weighted by Crippen LogP contribution is -2.41. The maximum atomic E-state index is 13.3. The van der Waals surface area contributed by atoms with Crippen LogP contribution in [-0.4, -0.2) is 96.0 Å². The molecule has 1 amide bonds. The second-order valence-electron chi connectivity index (χ2n) is 8.06. The normalized spacial score (nSPS) is 26.2. The molecule has 4 aliphatic heterocycles. The van der Waals surface area contributed by atoms with Crippen molar-refractivity contribution in [3.8, 4) is 0 Å². The highest BCUT2D eigenvalue weighted by Gasteiger charge is 2.34. The smallest absolute Gasteiger partial charge is 0.290 e. The van der Waals surface area contributed by atoms with E-state index in [1.54, 1.807) is 7.11 Å². The van der Waals surface area contributed by atoms with Gasteiger partial charge in [0.2, 0.25) is 0 Å². The number of aromatic amines is 1. The van der Waals surface area contributed by atoms with E-state index in [4.69, 9.17) is 16.0 Å². The summed E-state index contributed by atoms with van der Waals surface area (Å²) >= 11 is 0. The maximum Gasteiger partial charge on any atom is 0.290 e. The minimum absolute atomic E-state index is 0.0725. The number of hydrogen-bond acceptors (Lipinski definition) is 6. The van der Waals surface area contributed by atoms with E-state index in [0.717, 1.165) is 75.1 Å². The monoisotopic (exact) mass is 416 g/mol. The third-order valence-corrected chi connectivity index (χ3v) is 6.51. The number of amides is 1. The molecular weight excluding hydrogens is 386 g/mol. The van der Waals surface area contributed by atoms with Crippen LogP contribution in [0.5, 0.6) is 0 Å². The van der Waals surface area contributed by atoms with Gasteiger partial charge in [-0.15, -0.1) is 0 Å². The number of nitrogens with one attached hydrogen (secondary N) is 1. The summed E-state index contributed by atoms with van der Waals surface area (Å²) in [6, 6.07) is 6.61. The molecule has 4 aliphatic rings. The van der Waals surface area contributed by atoms with Crippen molar-refractivity contribution in [2.24, 2.45) is 0 Å². The summed E-state index contributed by atoms with van der Waals surface area (Å²) in [5.74, 6) is 0.0725. The number of carbonyl (C=O) groups is 2. The van der Waals surface area contributed by atoms with E-state index < -0.39 is 6.45 Å². The third-order valence-electron chi connectivity index (χ3n) is 6.51. The lowest BCUT2D eigenvalue weighted by molar-refractivity contribution is -0.122. The van der Waals surface area contributed by atoms with Crippen molar-refractivity contribution in [3.63, 3.8) is 0 Å². The zero-order chi connectivity index (χ0) is 22.0. The predicted octanol–water partition coefficient (Wildman–Crippen LogP) is 1.41. The Morgan fingerprint density at radius 2 is 2.03 bits per heavy atom. The zero-order valence-corrected chi connectivity index (χ0v) is 17.2. The van der Waals surface area contributed by atoms with Gasteiger partial charge in [0.15, 0.2) is 7.06 Å². The summed E-state index contributed by atoms with van der Waals surface area (Å²) in [7, 11) is 1.77. The molecule has 2 bridgehead atoms. The van der Waals surface area contributed by atoms with Crippen molar-refractivity contribution < 1.29 is 20.8 Å². The first-order valence-corrected chi connectivity index (χ1v) is 10.4. The molecule has 9 nitrogen and oxygen atoms in total. The van der Waals surface area contributed by atoms with Gasteiger partial charge in [-0.05, 0) is 37.5 Å². The van der Waals surface area contributed by atoms with Crippen LogP contribution >= 0.6 is 0 Å². The molecule has 0 radical (unpaired) electrons. The van der Waals surface area contributed by atoms with Gasteiger partial charge in [0.1, 0.15) is 0 Å². The minimum atomic E-state index is -1.58. The third kappa shape index (κ3) is 3.99. The van der Waals surface area contributed by atoms with Gasteiger partial charge in [-0.1, -0.05) is 0 Å². The van der Waals surface area contributed by atoms with Crippen molar-refractivity contribution in [2.75, 3.05) is 51.3 Å². The fourth-order valence-electron chi connectivity index (χ4n) is 4.81. The van der Waals surface area contributed by atoms with Crippen molar-refractivity contribution in [1.82, 2.24) is 20.0 Å². The molecule has 0 spiro atoms. The standard InChI is InChI=1S/C20H27N5O2.CH2O2/c1-27-16-6-9-24(13-16)15-2-3-18-17(12-15)19(22-21-18)20(26)25-11-10-23-7-4-14(25)5-8-23;2-1-3/h2-3,12,14,16H,4-11,13H2,1H3,(H,21,22);1H,(H,2,3)/t16-;/m1./s1/i;1D. The number of aromatic nitrogens is 2. The van der Waals surface area contributed by atoms with Crippen molar-refractivity contribution in [1.29, 1.82) is 0 Å². The van der Waals surface area contributed by atoms with E-state index in [2.05, 4.69) is 37.0 Å². The van der Waals surface area contributed by atoms with Crippen LogP contribution in [0.2, 0.25) is 0 Å². The quantitative estimate of drug-likeness (QED) is 0.730. The SMILES string of the molecule is CO[C@@H]1CCN(c2ccc3[nH]nc(C(=O)N4CCN5CCC4CC5)c3c2)C1.[2H]C(=O)O. The molecule has 4 saturated heterocycles. The summed E-state index contributed by atoms with van der Waals surface area (Å²) in [5.41, 5.74) is 2.63. The molecule has 4 fully saturated rings. The van der Waals surface area contributed by atoms with Crippen LogP contribution in [-0.2, 0) is 9.53 Å². The molecule has 30 heavy (non-hydrogen) atoms. The average Bonchev–Trinajstić information content (AvgIpc) is 3.30. The molecule has 1 aromatic carbocycles. The molecule has 9 heteroatoms. The Bertz CT molecular complexity index is 939. The van der Waals surface area contributed by atoms with Crippen LogP contribution in [0.3, 0.4) is 0 Å². The molecule has 5 heterocycles. The number of benzene rings is 1. The Balaban J connectivity index is 0.000000535. The molecule has 6 rings (SSSR count). The first-order chi connectivity index (χ1) is 15.0. The van der Waals surface area contributed by atoms with Crippen LogP contribution in [0, 0.1) is 0 Å². The number of anilines is 1. The number of rotatable bonds is 3. The van der Waals surface area contributed by atoms with Crippen LogP contribution in [0.1, 0.15) is 31.1 Å². The molecule has 0 aliphatic carbocycles. The topological polar surface area (TPSA) is 102 Å². The Hall–Kier alpha value is -2.65. The first-order valence-electron chi connectivity index (χ1n) is 10.9. The van der Waals surface area contributed by atoms with E-state index in [1.807, 2.05) is 6.07 Å². The Kier molecular flexibility index (Phi) is 5.80. The number of carbonyl (C=O) groups excluding carboxylic acids is 1. The summed E-state index contributed by atoms with van der Waals surface area (Å²) in [4.78, 5) is 28.9. The fourth-order valence-corrected chi connectivity index (χ4v) is 4.81. The van der Waals surface area contributed by atoms with E-state index in [9.17, 15) is 4.79 Å². The predicted molar refractivity (Wildman–Crippen MR) is 113 cm³/mol. The van der Waals surface area contributed by atoms with E-state index in [-0.39, 0.29) is 12.0 Å². The average molecular weight is 417 g/mol. The van der Waals surface area contributed by atoms with Crippen LogP contribution in [0.25, 0.3) is 10.9 Å². The molecular formula is C21H29N5O4. The molecule has 162 valence electrons. The Labute approximate surface area is 177 Å². The van der Waals surface area contributed by atoms with Gasteiger partial charge >= 0.3 is 0 Å². The number of hydrogen-bond donors (Lipinski definition) is 2.